The van der Waals surface area contributed by atoms with Crippen molar-refractivity contribution in [1.82, 2.24) is 9.80 Å². The van der Waals surface area contributed by atoms with Crippen molar-refractivity contribution >= 4 is 38.4 Å². The summed E-state index contributed by atoms with van der Waals surface area (Å²) in [7, 11) is 3.13. The van der Waals surface area contributed by atoms with Crippen molar-refractivity contribution < 1.29 is 14.2 Å². The molecule has 0 aromatic rings. The van der Waals surface area contributed by atoms with Crippen molar-refractivity contribution in [2.75, 3.05) is 20.6 Å². The third-order valence-electron chi connectivity index (χ3n) is 3.04. The van der Waals surface area contributed by atoms with Gasteiger partial charge in [0.2, 0.25) is 0 Å². The average molecular weight is 316 g/mol. The van der Waals surface area contributed by atoms with Gasteiger partial charge in [-0.25, -0.2) is 9.37 Å². The molecule has 0 saturated carbocycles. The minimum Gasteiger partial charge on any atom is -0.269 e. The first-order chi connectivity index (χ1) is 8.34. The Morgan fingerprint density at radius 2 is 1.94 bits per heavy atom. The Morgan fingerprint density at radius 3 is 2.50 bits per heavy atom. The van der Waals surface area contributed by atoms with Crippen LogP contribution in [0.2, 0.25) is 0 Å². The summed E-state index contributed by atoms with van der Waals surface area (Å²) in [4.78, 5) is 30.9. The van der Waals surface area contributed by atoms with Crippen LogP contribution in [0.3, 0.4) is 0 Å². The Kier molecular flexibility index (Phi) is 3.27. The fourth-order valence-corrected chi connectivity index (χ4v) is 2.67. The molecule has 0 bridgehead atoms. The molecule has 2 rings (SSSR count). The SMILES string of the molecule is CC(C)C[N+]1=C(Br)N=C2C1C(=O)N(C)C(=O)N2C. The number of hydrogen-bond donors (Lipinski definition) is 0. The topological polar surface area (TPSA) is 56.0 Å². The molecule has 2 aliphatic heterocycles. The molecule has 0 spiro atoms. The number of nitrogens with zero attached hydrogens (tertiary/aromatic N) is 4. The number of fused-ring (bicyclic) bond motifs is 1. The van der Waals surface area contributed by atoms with Crippen LogP contribution < -0.4 is 0 Å². The summed E-state index contributed by atoms with van der Waals surface area (Å²) < 4.78 is 2.50. The maximum atomic E-state index is 12.2. The van der Waals surface area contributed by atoms with Gasteiger partial charge in [0, 0.05) is 14.1 Å². The number of halogens is 1. The number of hydrogen-bond acceptors (Lipinski definition) is 3. The molecule has 0 radical (unpaired) electrons. The van der Waals surface area contributed by atoms with Crippen LogP contribution in [0, 0.1) is 5.92 Å². The second-order valence-electron chi connectivity index (χ2n) is 4.93. The van der Waals surface area contributed by atoms with E-state index in [0.717, 1.165) is 4.90 Å². The Hall–Kier alpha value is -1.24. The fourth-order valence-electron chi connectivity index (χ4n) is 2.14. The molecule has 2 aliphatic rings. The third-order valence-corrected chi connectivity index (χ3v) is 3.68. The number of rotatable bonds is 2. The standard InChI is InChI=1S/C11H16BrN4O2/c1-6(2)5-16-7-8(13-10(16)12)14(3)11(18)15(4)9(7)17/h6-7H,5H2,1-4H3/q+1. The molecule has 1 fully saturated rings. The van der Waals surface area contributed by atoms with Crippen LogP contribution in [0.5, 0.6) is 0 Å². The monoisotopic (exact) mass is 315 g/mol. The summed E-state index contributed by atoms with van der Waals surface area (Å²) in [6.07, 6.45) is 0. The molecule has 0 aromatic heterocycles. The first-order valence-corrected chi connectivity index (χ1v) is 6.56. The molecule has 7 heteroatoms. The second kappa shape index (κ2) is 4.46. The van der Waals surface area contributed by atoms with Gasteiger partial charge in [0.1, 0.15) is 0 Å². The number of imide groups is 1. The molecule has 18 heavy (non-hydrogen) atoms. The van der Waals surface area contributed by atoms with E-state index in [1.165, 1.54) is 11.9 Å². The predicted molar refractivity (Wildman–Crippen MR) is 71.1 cm³/mol. The number of urea groups is 1. The number of amides is 3. The summed E-state index contributed by atoms with van der Waals surface area (Å²) in [5.41, 5.74) is 0. The molecule has 1 atom stereocenters. The molecule has 3 amide bonds. The fraction of sp³-hybridized carbons (Fsp3) is 0.636. The highest BCUT2D eigenvalue weighted by Crippen LogP contribution is 2.21. The van der Waals surface area contributed by atoms with E-state index in [4.69, 9.17) is 0 Å². The van der Waals surface area contributed by atoms with Crippen LogP contribution in [0.4, 0.5) is 4.79 Å². The van der Waals surface area contributed by atoms with Gasteiger partial charge in [-0.15, -0.1) is 0 Å². The molecule has 0 aliphatic carbocycles. The average Bonchev–Trinajstić information content (AvgIpc) is 2.61. The summed E-state index contributed by atoms with van der Waals surface area (Å²) in [6, 6.07) is -0.837. The minimum atomic E-state index is -0.491. The first kappa shape index (κ1) is 13.2. The molecule has 1 saturated heterocycles. The highest BCUT2D eigenvalue weighted by molar-refractivity contribution is 9.18. The first-order valence-electron chi connectivity index (χ1n) is 5.77. The van der Waals surface area contributed by atoms with Crippen LogP contribution in [-0.2, 0) is 4.79 Å². The lowest BCUT2D eigenvalue weighted by Crippen LogP contribution is -2.61. The van der Waals surface area contributed by atoms with Crippen molar-refractivity contribution in [3.8, 4) is 0 Å². The predicted octanol–water partition coefficient (Wildman–Crippen LogP) is 0.710. The zero-order valence-electron chi connectivity index (χ0n) is 10.8. The Labute approximate surface area is 114 Å². The van der Waals surface area contributed by atoms with Crippen LogP contribution in [-0.4, -0.2) is 63.6 Å². The number of aliphatic imine (C=N–C) groups is 1. The van der Waals surface area contributed by atoms with E-state index in [2.05, 4.69) is 34.8 Å². The zero-order valence-corrected chi connectivity index (χ0v) is 12.4. The van der Waals surface area contributed by atoms with E-state index in [9.17, 15) is 9.59 Å². The van der Waals surface area contributed by atoms with Crippen molar-refractivity contribution in [3.63, 3.8) is 0 Å². The van der Waals surface area contributed by atoms with Crippen molar-refractivity contribution in [2.45, 2.75) is 19.9 Å². The number of carbonyl (C=O) groups excluding carboxylic acids is 2. The largest absolute Gasteiger partial charge is 0.364 e. The van der Waals surface area contributed by atoms with E-state index < -0.39 is 6.04 Å². The van der Waals surface area contributed by atoms with Crippen molar-refractivity contribution in [1.29, 1.82) is 0 Å². The highest BCUT2D eigenvalue weighted by atomic mass is 79.9. The van der Waals surface area contributed by atoms with E-state index in [1.54, 1.807) is 7.05 Å². The summed E-state index contributed by atoms with van der Waals surface area (Å²) in [5, 5.41) is 0. The minimum absolute atomic E-state index is 0.230. The molecule has 1 unspecified atom stereocenters. The van der Waals surface area contributed by atoms with Gasteiger partial charge >= 0.3 is 10.8 Å². The highest BCUT2D eigenvalue weighted by Gasteiger charge is 2.52. The smallest absolute Gasteiger partial charge is 0.269 e. The third kappa shape index (κ3) is 1.86. The van der Waals surface area contributed by atoms with E-state index in [0.29, 0.717) is 23.0 Å². The van der Waals surface area contributed by atoms with E-state index in [1.807, 2.05) is 4.58 Å². The Bertz CT molecular complexity index is 483. The zero-order chi connectivity index (χ0) is 13.6. The Balaban J connectivity index is 2.40. The molecular weight excluding hydrogens is 300 g/mol. The van der Waals surface area contributed by atoms with Gasteiger partial charge < -0.3 is 0 Å². The van der Waals surface area contributed by atoms with Gasteiger partial charge in [-0.05, 0) is 10.9 Å². The van der Waals surface area contributed by atoms with Gasteiger partial charge in [-0.3, -0.25) is 14.6 Å². The lowest BCUT2D eigenvalue weighted by Gasteiger charge is -2.30. The van der Waals surface area contributed by atoms with Crippen LogP contribution in [0.1, 0.15) is 13.8 Å². The van der Waals surface area contributed by atoms with Gasteiger partial charge in [0.15, 0.2) is 0 Å². The van der Waals surface area contributed by atoms with Crippen LogP contribution in [0.25, 0.3) is 0 Å². The number of carbonyl (C=O) groups is 2. The van der Waals surface area contributed by atoms with E-state index in [-0.39, 0.29) is 11.9 Å². The molecule has 2 heterocycles. The maximum Gasteiger partial charge on any atom is 0.364 e. The summed E-state index contributed by atoms with van der Waals surface area (Å²) in [5.74, 6) is 0.663. The molecular formula is C11H16BrN4O2+. The quantitative estimate of drug-likeness (QED) is 0.556. The van der Waals surface area contributed by atoms with Gasteiger partial charge in [-0.1, -0.05) is 13.8 Å². The molecule has 98 valence electrons. The van der Waals surface area contributed by atoms with E-state index >= 15 is 0 Å². The van der Waals surface area contributed by atoms with Gasteiger partial charge in [-0.2, -0.15) is 0 Å². The van der Waals surface area contributed by atoms with Crippen LogP contribution >= 0.6 is 15.9 Å². The lowest BCUT2D eigenvalue weighted by atomic mass is 10.1. The maximum absolute atomic E-state index is 12.2. The second-order valence-corrected chi connectivity index (χ2v) is 5.64. The van der Waals surface area contributed by atoms with Gasteiger partial charge in [0.05, 0.1) is 22.5 Å². The Morgan fingerprint density at radius 1 is 1.33 bits per heavy atom. The van der Waals surface area contributed by atoms with Crippen molar-refractivity contribution in [3.05, 3.63) is 0 Å². The summed E-state index contributed by atoms with van der Waals surface area (Å²) >= 11 is 3.36. The summed E-state index contributed by atoms with van der Waals surface area (Å²) in [6.45, 7) is 4.86. The number of amidine groups is 2. The molecule has 0 N–H and O–H groups in total. The molecule has 0 aromatic carbocycles. The molecule has 6 nitrogen and oxygen atoms in total. The normalized spacial score (nSPS) is 24.1. The van der Waals surface area contributed by atoms with Crippen LogP contribution in [0.15, 0.2) is 4.99 Å². The lowest BCUT2D eigenvalue weighted by molar-refractivity contribution is -0.538. The number of likely N-dealkylation sites (N-methyl/N-ethyl adjacent to an activating group) is 2. The van der Waals surface area contributed by atoms with Gasteiger partial charge in [0.25, 0.3) is 17.8 Å². The van der Waals surface area contributed by atoms with Crippen molar-refractivity contribution in [2.24, 2.45) is 10.9 Å².